The van der Waals surface area contributed by atoms with Gasteiger partial charge in [0.05, 0.1) is 11.9 Å². The van der Waals surface area contributed by atoms with E-state index < -0.39 is 0 Å². The summed E-state index contributed by atoms with van der Waals surface area (Å²) in [6.07, 6.45) is 5.93. The maximum atomic E-state index is 11.8. The number of aryl methyl sites for hydroxylation is 1. The molecule has 0 bridgehead atoms. The molecule has 2 amide bonds. The van der Waals surface area contributed by atoms with Gasteiger partial charge in [0.25, 0.3) is 0 Å². The molecule has 0 unspecified atom stereocenters. The number of amides is 2. The van der Waals surface area contributed by atoms with Gasteiger partial charge in [-0.3, -0.25) is 4.68 Å². The molecule has 0 radical (unpaired) electrons. The highest BCUT2D eigenvalue weighted by Crippen LogP contribution is 2.15. The third-order valence-electron chi connectivity index (χ3n) is 3.82. The van der Waals surface area contributed by atoms with E-state index in [9.17, 15) is 4.79 Å². The third-order valence-corrected chi connectivity index (χ3v) is 3.82. The summed E-state index contributed by atoms with van der Waals surface area (Å²) in [5, 5.41) is 9.90. The van der Waals surface area contributed by atoms with Crippen LogP contribution in [0.15, 0.2) is 12.4 Å². The summed E-state index contributed by atoms with van der Waals surface area (Å²) < 4.78 is 1.79. The molecule has 1 aliphatic rings. The maximum absolute atomic E-state index is 11.8. The van der Waals surface area contributed by atoms with Crippen LogP contribution in [0.25, 0.3) is 0 Å². The number of carbonyl (C=O) groups is 1. The lowest BCUT2D eigenvalue weighted by atomic mass is 9.98. The van der Waals surface area contributed by atoms with Crippen molar-refractivity contribution in [1.82, 2.24) is 20.0 Å². The van der Waals surface area contributed by atoms with Gasteiger partial charge in [0.15, 0.2) is 0 Å². The summed E-state index contributed by atoms with van der Waals surface area (Å²) >= 11 is 0. The standard InChI is InChI=1S/C14H25N5O/c1-3-18-7-5-6-12(10-18)8-15-14(20)17-13-9-16-19(4-2)11-13/h9,11-12H,3-8,10H2,1-2H3,(H2,15,17,20)/t12-/m1/s1. The quantitative estimate of drug-likeness (QED) is 0.863. The number of aromatic nitrogens is 2. The van der Waals surface area contributed by atoms with Gasteiger partial charge < -0.3 is 15.5 Å². The van der Waals surface area contributed by atoms with E-state index in [-0.39, 0.29) is 6.03 Å². The number of rotatable bonds is 5. The SMILES string of the molecule is CCN1CCC[C@H](CNC(=O)Nc2cnn(CC)c2)C1. The lowest BCUT2D eigenvalue weighted by Gasteiger charge is -2.31. The Labute approximate surface area is 120 Å². The molecular formula is C14H25N5O. The Hall–Kier alpha value is -1.56. The van der Waals surface area contributed by atoms with Crippen molar-refractivity contribution in [1.29, 1.82) is 0 Å². The Morgan fingerprint density at radius 1 is 1.45 bits per heavy atom. The molecule has 20 heavy (non-hydrogen) atoms. The Morgan fingerprint density at radius 2 is 2.30 bits per heavy atom. The first kappa shape index (κ1) is 14.8. The number of nitrogens with zero attached hydrogens (tertiary/aromatic N) is 3. The second-order valence-corrected chi connectivity index (χ2v) is 5.32. The van der Waals surface area contributed by atoms with Crippen LogP contribution >= 0.6 is 0 Å². The highest BCUT2D eigenvalue weighted by Gasteiger charge is 2.19. The number of anilines is 1. The molecule has 1 fully saturated rings. The number of nitrogens with one attached hydrogen (secondary N) is 2. The van der Waals surface area contributed by atoms with Gasteiger partial charge in [0.1, 0.15) is 0 Å². The van der Waals surface area contributed by atoms with Gasteiger partial charge in [0, 0.05) is 25.8 Å². The molecule has 6 heteroatoms. The highest BCUT2D eigenvalue weighted by atomic mass is 16.2. The predicted octanol–water partition coefficient (Wildman–Crippen LogP) is 1.76. The van der Waals surface area contributed by atoms with E-state index in [4.69, 9.17) is 0 Å². The zero-order valence-electron chi connectivity index (χ0n) is 12.4. The minimum Gasteiger partial charge on any atom is -0.338 e. The predicted molar refractivity (Wildman–Crippen MR) is 79.8 cm³/mol. The second kappa shape index (κ2) is 7.28. The molecule has 1 atom stereocenters. The molecule has 6 nitrogen and oxygen atoms in total. The summed E-state index contributed by atoms with van der Waals surface area (Å²) in [5.74, 6) is 0.563. The number of piperidine rings is 1. The minimum atomic E-state index is -0.144. The Bertz CT molecular complexity index is 431. The number of hydrogen-bond acceptors (Lipinski definition) is 3. The first-order valence-corrected chi connectivity index (χ1v) is 7.51. The van der Waals surface area contributed by atoms with Crippen LogP contribution in [-0.2, 0) is 6.54 Å². The highest BCUT2D eigenvalue weighted by molar-refractivity contribution is 5.88. The number of urea groups is 1. The van der Waals surface area contributed by atoms with Gasteiger partial charge in [-0.2, -0.15) is 5.10 Å². The van der Waals surface area contributed by atoms with Crippen molar-refractivity contribution in [2.75, 3.05) is 31.5 Å². The van der Waals surface area contributed by atoms with E-state index >= 15 is 0 Å². The molecule has 0 spiro atoms. The van der Waals surface area contributed by atoms with Crippen molar-refractivity contribution in [2.45, 2.75) is 33.2 Å². The van der Waals surface area contributed by atoms with Crippen LogP contribution in [0.1, 0.15) is 26.7 Å². The zero-order chi connectivity index (χ0) is 14.4. The number of carbonyl (C=O) groups excluding carboxylic acids is 1. The smallest absolute Gasteiger partial charge is 0.319 e. The van der Waals surface area contributed by atoms with Gasteiger partial charge in [-0.05, 0) is 38.8 Å². The van der Waals surface area contributed by atoms with Crippen molar-refractivity contribution < 1.29 is 4.79 Å². The average Bonchev–Trinajstić information content (AvgIpc) is 2.93. The van der Waals surface area contributed by atoms with E-state index in [1.807, 2.05) is 13.1 Å². The summed E-state index contributed by atoms with van der Waals surface area (Å²) in [6, 6.07) is -0.144. The molecular weight excluding hydrogens is 254 g/mol. The number of hydrogen-bond donors (Lipinski definition) is 2. The maximum Gasteiger partial charge on any atom is 0.319 e. The van der Waals surface area contributed by atoms with E-state index in [0.29, 0.717) is 5.92 Å². The van der Waals surface area contributed by atoms with Crippen LogP contribution in [0.5, 0.6) is 0 Å². The fourth-order valence-electron chi connectivity index (χ4n) is 2.62. The van der Waals surface area contributed by atoms with Crippen LogP contribution in [0.3, 0.4) is 0 Å². The first-order valence-electron chi connectivity index (χ1n) is 7.51. The molecule has 1 aliphatic heterocycles. The summed E-state index contributed by atoms with van der Waals surface area (Å²) in [7, 11) is 0. The van der Waals surface area contributed by atoms with E-state index in [0.717, 1.165) is 31.9 Å². The zero-order valence-corrected chi connectivity index (χ0v) is 12.4. The molecule has 2 N–H and O–H groups in total. The van der Waals surface area contributed by atoms with Crippen LogP contribution in [0.2, 0.25) is 0 Å². The van der Waals surface area contributed by atoms with Gasteiger partial charge in [0.2, 0.25) is 0 Å². The van der Waals surface area contributed by atoms with Crippen molar-refractivity contribution in [3.63, 3.8) is 0 Å². The number of likely N-dealkylation sites (tertiary alicyclic amines) is 1. The molecule has 0 saturated carbocycles. The van der Waals surface area contributed by atoms with Crippen LogP contribution < -0.4 is 10.6 Å². The van der Waals surface area contributed by atoms with E-state index in [1.165, 1.54) is 19.4 Å². The summed E-state index contributed by atoms with van der Waals surface area (Å²) in [4.78, 5) is 14.3. The topological polar surface area (TPSA) is 62.2 Å². The van der Waals surface area contributed by atoms with Crippen molar-refractivity contribution in [3.05, 3.63) is 12.4 Å². The molecule has 0 aliphatic carbocycles. The molecule has 2 rings (SSSR count). The monoisotopic (exact) mass is 279 g/mol. The van der Waals surface area contributed by atoms with Crippen LogP contribution in [0, 0.1) is 5.92 Å². The van der Waals surface area contributed by atoms with Crippen LogP contribution in [0.4, 0.5) is 10.5 Å². The normalized spacial score (nSPS) is 19.8. The molecule has 1 saturated heterocycles. The first-order chi connectivity index (χ1) is 9.71. The van der Waals surface area contributed by atoms with Gasteiger partial charge in [-0.25, -0.2) is 4.79 Å². The molecule has 2 heterocycles. The second-order valence-electron chi connectivity index (χ2n) is 5.32. The fraction of sp³-hybridized carbons (Fsp3) is 0.714. The van der Waals surface area contributed by atoms with E-state index in [1.54, 1.807) is 10.9 Å². The van der Waals surface area contributed by atoms with Crippen molar-refractivity contribution >= 4 is 11.7 Å². The molecule has 1 aromatic rings. The lowest BCUT2D eigenvalue weighted by Crippen LogP contribution is -2.41. The third kappa shape index (κ3) is 4.23. The van der Waals surface area contributed by atoms with Gasteiger partial charge >= 0.3 is 6.03 Å². The Morgan fingerprint density at radius 3 is 3.00 bits per heavy atom. The van der Waals surface area contributed by atoms with Crippen molar-refractivity contribution in [3.8, 4) is 0 Å². The van der Waals surface area contributed by atoms with Gasteiger partial charge in [-0.15, -0.1) is 0 Å². The largest absolute Gasteiger partial charge is 0.338 e. The van der Waals surface area contributed by atoms with E-state index in [2.05, 4.69) is 27.6 Å². The summed E-state index contributed by atoms with van der Waals surface area (Å²) in [5.41, 5.74) is 0.739. The fourth-order valence-corrected chi connectivity index (χ4v) is 2.62. The lowest BCUT2D eigenvalue weighted by molar-refractivity contribution is 0.180. The molecule has 112 valence electrons. The molecule has 0 aromatic carbocycles. The summed E-state index contributed by atoms with van der Waals surface area (Å²) in [6.45, 7) is 9.12. The van der Waals surface area contributed by atoms with Gasteiger partial charge in [-0.1, -0.05) is 6.92 Å². The van der Waals surface area contributed by atoms with Crippen molar-refractivity contribution in [2.24, 2.45) is 5.92 Å². The minimum absolute atomic E-state index is 0.144. The Kier molecular flexibility index (Phi) is 5.40. The van der Waals surface area contributed by atoms with Crippen LogP contribution in [-0.4, -0.2) is 46.9 Å². The Balaban J connectivity index is 1.72. The molecule has 1 aromatic heterocycles. The average molecular weight is 279 g/mol.